The lowest BCUT2D eigenvalue weighted by Gasteiger charge is -2.26. The molecule has 2 aromatic carbocycles. The van der Waals surface area contributed by atoms with Crippen LogP contribution in [0.3, 0.4) is 0 Å². The van der Waals surface area contributed by atoms with E-state index in [0.717, 1.165) is 34.0 Å². The summed E-state index contributed by atoms with van der Waals surface area (Å²) >= 11 is 12.0. The highest BCUT2D eigenvalue weighted by Gasteiger charge is 2.42. The van der Waals surface area contributed by atoms with Crippen LogP contribution in [0, 0.1) is 13.8 Å². The molecule has 4 aromatic rings. The monoisotopic (exact) mass is 459 g/mol. The summed E-state index contributed by atoms with van der Waals surface area (Å²) in [5, 5.41) is 4.79. The summed E-state index contributed by atoms with van der Waals surface area (Å²) in [6.45, 7) is 4.13. The summed E-state index contributed by atoms with van der Waals surface area (Å²) in [4.78, 5) is 6.71. The average Bonchev–Trinajstić information content (AvgIpc) is 3.41. The average molecular weight is 460 g/mol. The summed E-state index contributed by atoms with van der Waals surface area (Å²) in [6, 6.07) is 23.8. The zero-order valence-electron chi connectivity index (χ0n) is 17.7. The van der Waals surface area contributed by atoms with Gasteiger partial charge in [0.25, 0.3) is 0 Å². The maximum absolute atomic E-state index is 6.44. The number of hydrogen-bond donors (Lipinski definition) is 1. The van der Waals surface area contributed by atoms with Gasteiger partial charge in [-0.15, -0.1) is 0 Å². The Kier molecular flexibility index (Phi) is 5.45. The van der Waals surface area contributed by atoms with Crippen molar-refractivity contribution in [2.75, 3.05) is 4.90 Å². The fourth-order valence-corrected chi connectivity index (χ4v) is 4.66. The third-order valence-electron chi connectivity index (χ3n) is 5.79. The van der Waals surface area contributed by atoms with E-state index in [1.54, 1.807) is 6.20 Å². The molecule has 1 saturated heterocycles. The Bertz CT molecular complexity index is 1270. The van der Waals surface area contributed by atoms with E-state index in [0.29, 0.717) is 10.1 Å². The van der Waals surface area contributed by atoms with E-state index in [1.165, 1.54) is 5.56 Å². The van der Waals surface area contributed by atoms with Crippen molar-refractivity contribution in [3.63, 3.8) is 0 Å². The van der Waals surface area contributed by atoms with Crippen LogP contribution < -0.4 is 10.2 Å². The molecule has 0 saturated carbocycles. The van der Waals surface area contributed by atoms with Gasteiger partial charge in [0.05, 0.1) is 11.7 Å². The number of halogens is 1. The molecule has 0 radical (unpaired) electrons. The minimum atomic E-state index is -0.187. The number of pyridine rings is 1. The van der Waals surface area contributed by atoms with Gasteiger partial charge >= 0.3 is 0 Å². The Morgan fingerprint density at radius 2 is 1.81 bits per heavy atom. The molecule has 3 heterocycles. The summed E-state index contributed by atoms with van der Waals surface area (Å²) < 4.78 is 6.44. The summed E-state index contributed by atoms with van der Waals surface area (Å²) in [5.74, 6) is 1.59. The molecule has 0 spiro atoms. The lowest BCUT2D eigenvalue weighted by molar-refractivity contribution is 0.439. The fourth-order valence-electron chi connectivity index (χ4n) is 4.14. The molecule has 6 heteroatoms. The van der Waals surface area contributed by atoms with Gasteiger partial charge in [-0.05, 0) is 80.2 Å². The van der Waals surface area contributed by atoms with Crippen LogP contribution in [0.25, 0.3) is 11.3 Å². The second kappa shape index (κ2) is 8.41. The molecule has 2 atom stereocenters. The molecule has 0 amide bonds. The molecule has 0 aliphatic carbocycles. The first-order chi connectivity index (χ1) is 15.5. The number of furan rings is 1. The molecular weight excluding hydrogens is 438 g/mol. The van der Waals surface area contributed by atoms with Crippen molar-refractivity contribution in [3.05, 3.63) is 107 Å². The molecule has 1 N–H and O–H groups in total. The van der Waals surface area contributed by atoms with Crippen molar-refractivity contribution in [1.29, 1.82) is 0 Å². The van der Waals surface area contributed by atoms with Crippen molar-refractivity contribution in [1.82, 2.24) is 10.3 Å². The van der Waals surface area contributed by atoms with Crippen molar-refractivity contribution in [2.24, 2.45) is 0 Å². The van der Waals surface area contributed by atoms with E-state index in [9.17, 15) is 0 Å². The molecule has 2 aromatic heterocycles. The van der Waals surface area contributed by atoms with Crippen molar-refractivity contribution < 1.29 is 4.42 Å². The SMILES string of the molecule is Cc1ccc(N2C(=S)N[C@H](c3ccccn3)[C@H]2c2ccc(-c3cc(Cl)ccc3C)o2)cc1. The predicted molar refractivity (Wildman–Crippen MR) is 133 cm³/mol. The quantitative estimate of drug-likeness (QED) is 0.340. The number of rotatable bonds is 4. The fraction of sp³-hybridized carbons (Fsp3) is 0.154. The van der Waals surface area contributed by atoms with Crippen molar-refractivity contribution in [3.8, 4) is 11.3 Å². The van der Waals surface area contributed by atoms with Crippen LogP contribution in [-0.4, -0.2) is 10.1 Å². The zero-order valence-corrected chi connectivity index (χ0v) is 19.3. The first-order valence-corrected chi connectivity index (χ1v) is 11.2. The number of aromatic nitrogens is 1. The van der Waals surface area contributed by atoms with E-state index in [-0.39, 0.29) is 12.1 Å². The third-order valence-corrected chi connectivity index (χ3v) is 6.34. The maximum atomic E-state index is 6.44. The molecular formula is C26H22ClN3OS. The Morgan fingerprint density at radius 1 is 1.00 bits per heavy atom. The molecule has 4 nitrogen and oxygen atoms in total. The number of nitrogens with one attached hydrogen (secondary N) is 1. The first-order valence-electron chi connectivity index (χ1n) is 10.4. The number of benzene rings is 2. The molecule has 1 fully saturated rings. The van der Waals surface area contributed by atoms with Gasteiger partial charge in [-0.2, -0.15) is 0 Å². The van der Waals surface area contributed by atoms with E-state index < -0.39 is 0 Å². The van der Waals surface area contributed by atoms with Crippen LogP contribution in [0.1, 0.15) is 34.7 Å². The van der Waals surface area contributed by atoms with Crippen LogP contribution in [0.4, 0.5) is 5.69 Å². The van der Waals surface area contributed by atoms with Crippen LogP contribution in [-0.2, 0) is 0 Å². The molecule has 0 unspecified atom stereocenters. The van der Waals surface area contributed by atoms with Crippen LogP contribution in [0.2, 0.25) is 5.02 Å². The van der Waals surface area contributed by atoms with Gasteiger partial charge in [-0.25, -0.2) is 0 Å². The number of anilines is 1. The summed E-state index contributed by atoms with van der Waals surface area (Å²) in [5.41, 5.74) is 5.20. The Hall–Kier alpha value is -3.15. The molecule has 1 aliphatic heterocycles. The largest absolute Gasteiger partial charge is 0.459 e. The summed E-state index contributed by atoms with van der Waals surface area (Å²) in [6.07, 6.45) is 1.80. The van der Waals surface area contributed by atoms with Crippen molar-refractivity contribution >= 4 is 34.6 Å². The molecule has 5 rings (SSSR count). The van der Waals surface area contributed by atoms with E-state index >= 15 is 0 Å². The van der Waals surface area contributed by atoms with E-state index in [2.05, 4.69) is 53.3 Å². The highest BCUT2D eigenvalue weighted by molar-refractivity contribution is 7.80. The van der Waals surface area contributed by atoms with Gasteiger partial charge in [0, 0.05) is 22.5 Å². The van der Waals surface area contributed by atoms with Crippen molar-refractivity contribution in [2.45, 2.75) is 25.9 Å². The maximum Gasteiger partial charge on any atom is 0.174 e. The molecule has 1 aliphatic rings. The minimum absolute atomic E-state index is 0.149. The second-order valence-electron chi connectivity index (χ2n) is 7.99. The Morgan fingerprint density at radius 3 is 2.56 bits per heavy atom. The van der Waals surface area contributed by atoms with Gasteiger partial charge in [-0.1, -0.05) is 41.4 Å². The normalized spacial score (nSPS) is 18.1. The minimum Gasteiger partial charge on any atom is -0.459 e. The standard InChI is InChI=1S/C26H22ClN3OS/c1-16-6-10-19(11-7-16)30-25(24(29-26(30)32)21-5-3-4-14-28-21)23-13-12-22(31-23)20-15-18(27)9-8-17(20)2/h3-15,24-25H,1-2H3,(H,29,32)/t24-,25-/m1/s1. The lowest BCUT2D eigenvalue weighted by Crippen LogP contribution is -2.29. The van der Waals surface area contributed by atoms with Crippen LogP contribution in [0.15, 0.2) is 83.4 Å². The molecule has 32 heavy (non-hydrogen) atoms. The Balaban J connectivity index is 1.61. The van der Waals surface area contributed by atoms with Gasteiger partial charge in [0.15, 0.2) is 5.11 Å². The van der Waals surface area contributed by atoms with E-state index in [4.69, 9.17) is 28.2 Å². The number of aryl methyl sites for hydroxylation is 2. The van der Waals surface area contributed by atoms with Crippen LogP contribution in [0.5, 0.6) is 0 Å². The third kappa shape index (κ3) is 3.78. The van der Waals surface area contributed by atoms with Gasteiger partial charge in [0.1, 0.15) is 17.6 Å². The highest BCUT2D eigenvalue weighted by Crippen LogP contribution is 2.43. The molecule has 160 valence electrons. The second-order valence-corrected chi connectivity index (χ2v) is 8.82. The number of hydrogen-bond acceptors (Lipinski definition) is 3. The van der Waals surface area contributed by atoms with Crippen LogP contribution >= 0.6 is 23.8 Å². The van der Waals surface area contributed by atoms with Gasteiger partial charge in [0.2, 0.25) is 0 Å². The molecule has 0 bridgehead atoms. The Labute approximate surface area is 197 Å². The zero-order chi connectivity index (χ0) is 22.2. The smallest absolute Gasteiger partial charge is 0.174 e. The van der Waals surface area contributed by atoms with Gasteiger partial charge in [-0.3, -0.25) is 4.98 Å². The topological polar surface area (TPSA) is 41.3 Å². The highest BCUT2D eigenvalue weighted by atomic mass is 35.5. The van der Waals surface area contributed by atoms with Gasteiger partial charge < -0.3 is 14.6 Å². The van der Waals surface area contributed by atoms with E-state index in [1.807, 2.05) is 48.5 Å². The summed E-state index contributed by atoms with van der Waals surface area (Å²) in [7, 11) is 0. The number of nitrogens with zero attached hydrogens (tertiary/aromatic N) is 2. The number of thiocarbonyl (C=S) groups is 1. The first kappa shape index (κ1) is 20.7. The predicted octanol–water partition coefficient (Wildman–Crippen LogP) is 6.79. The lowest BCUT2D eigenvalue weighted by atomic mass is 10.0.